The minimum Gasteiger partial charge on any atom is -0.416 e. The molecule has 0 radical (unpaired) electrons. The summed E-state index contributed by atoms with van der Waals surface area (Å²) < 4.78 is 35.5. The molecule has 0 saturated carbocycles. The van der Waals surface area contributed by atoms with Crippen molar-refractivity contribution in [1.29, 1.82) is 0 Å². The predicted octanol–water partition coefficient (Wildman–Crippen LogP) is 12.4. The third-order valence-electron chi connectivity index (χ3n) is 14.1. The highest BCUT2D eigenvalue weighted by Gasteiger charge is 2.65. The molecule has 0 bridgehead atoms. The number of rotatable bonds is 20. The standard InChI is InChI=1S/C43H88O7Si4/c1-25-27-31(3)37-43(16,48-37)38(50-54(23,24)42(13,14)15)34(30-47-52(19,20)40(7,8)9)36(45)33(29-46-51(17,18)39(4,5)6)35(28-32(44)26-2)49-53(21,22)41(10,11)12/h25,27,31,33-35,37-38H,26,28-30H2,1-24H3/b27-25-/t31-,33+,34-,35-,37+,38-,43+/m0/s1. The first-order valence-electron chi connectivity index (χ1n) is 20.8. The molecule has 1 heterocycles. The van der Waals surface area contributed by atoms with E-state index < -0.39 is 62.9 Å². The number of carbonyl (C=O) groups excluding carboxylic acids is 2. The number of ether oxygens (including phenoxy) is 1. The molecule has 0 spiro atoms. The summed E-state index contributed by atoms with van der Waals surface area (Å²) in [7, 11) is -9.57. The Hall–Kier alpha value is -0.252. The Balaban J connectivity index is 4.25. The lowest BCUT2D eigenvalue weighted by molar-refractivity contribution is -0.139. The minimum absolute atomic E-state index is 0.00194. The number of epoxide rings is 1. The average Bonchev–Trinajstić information content (AvgIpc) is 3.66. The van der Waals surface area contributed by atoms with Crippen molar-refractivity contribution in [3.8, 4) is 0 Å². The molecule has 0 N–H and O–H groups in total. The van der Waals surface area contributed by atoms with Gasteiger partial charge in [0.1, 0.15) is 17.2 Å². The normalized spacial score (nSPS) is 22.6. The van der Waals surface area contributed by atoms with Gasteiger partial charge in [0, 0.05) is 32.0 Å². The highest BCUT2D eigenvalue weighted by atomic mass is 28.4. The van der Waals surface area contributed by atoms with Gasteiger partial charge in [-0.2, -0.15) is 0 Å². The van der Waals surface area contributed by atoms with Crippen LogP contribution in [-0.4, -0.2) is 82.0 Å². The van der Waals surface area contributed by atoms with E-state index in [0.717, 1.165) is 0 Å². The maximum atomic E-state index is 16.0. The molecular weight excluding hydrogens is 741 g/mol. The van der Waals surface area contributed by atoms with Gasteiger partial charge < -0.3 is 22.4 Å². The van der Waals surface area contributed by atoms with Gasteiger partial charge in [-0.3, -0.25) is 9.59 Å². The lowest BCUT2D eigenvalue weighted by Crippen LogP contribution is -2.57. The Morgan fingerprint density at radius 2 is 1.07 bits per heavy atom. The van der Waals surface area contributed by atoms with Crippen LogP contribution >= 0.6 is 0 Å². The van der Waals surface area contributed by atoms with E-state index in [1.165, 1.54) is 0 Å². The van der Waals surface area contributed by atoms with Crippen LogP contribution in [0.2, 0.25) is 72.5 Å². The first-order valence-corrected chi connectivity index (χ1v) is 32.5. The Morgan fingerprint density at radius 1 is 0.685 bits per heavy atom. The minimum atomic E-state index is -2.47. The van der Waals surface area contributed by atoms with E-state index in [9.17, 15) is 4.79 Å². The molecular formula is C43H88O7Si4. The molecule has 318 valence electrons. The largest absolute Gasteiger partial charge is 0.416 e. The van der Waals surface area contributed by atoms with Crippen molar-refractivity contribution in [1.82, 2.24) is 0 Å². The highest BCUT2D eigenvalue weighted by molar-refractivity contribution is 6.75. The summed E-state index contributed by atoms with van der Waals surface area (Å²) in [4.78, 5) is 29.5. The molecule has 7 nitrogen and oxygen atoms in total. The Morgan fingerprint density at radius 3 is 1.44 bits per heavy atom. The van der Waals surface area contributed by atoms with Crippen LogP contribution < -0.4 is 0 Å². The summed E-state index contributed by atoms with van der Waals surface area (Å²) in [5.41, 5.74) is -0.717. The van der Waals surface area contributed by atoms with Crippen LogP contribution in [0.15, 0.2) is 12.2 Å². The third kappa shape index (κ3) is 12.9. The molecule has 0 aromatic rings. The summed E-state index contributed by atoms with van der Waals surface area (Å²) in [5.74, 6) is -1.15. The SMILES string of the molecule is C/C=C\[C@H](C)[C@H]1O[C@@]1(C)[C@@H](O[Si](C)(C)C(C)(C)C)[C@@H](CO[Si](C)(C)C(C)(C)C)C(=O)[C@H](CO[Si](C)(C)C(C)(C)C)[C@H](CC(=O)CC)O[Si](C)(C)C(C)(C)C. The van der Waals surface area contributed by atoms with Crippen LogP contribution in [0.3, 0.4) is 0 Å². The molecule has 0 unspecified atom stereocenters. The molecule has 54 heavy (non-hydrogen) atoms. The lowest BCUT2D eigenvalue weighted by atomic mass is 9.79. The van der Waals surface area contributed by atoms with Gasteiger partial charge in [0.25, 0.3) is 0 Å². The summed E-state index contributed by atoms with van der Waals surface area (Å²) in [6.07, 6.45) is 3.48. The Labute approximate surface area is 338 Å². The fourth-order valence-corrected chi connectivity index (χ4v) is 10.6. The van der Waals surface area contributed by atoms with Crippen molar-refractivity contribution in [2.24, 2.45) is 17.8 Å². The molecule has 0 aromatic heterocycles. The Bertz CT molecular complexity index is 1280. The molecule has 0 aromatic carbocycles. The second-order valence-electron chi connectivity index (χ2n) is 22.7. The second kappa shape index (κ2) is 17.9. The van der Waals surface area contributed by atoms with Gasteiger partial charge in [0.2, 0.25) is 0 Å². The number of hydrogen-bond donors (Lipinski definition) is 0. The fraction of sp³-hybridized carbons (Fsp3) is 0.907. The topological polar surface area (TPSA) is 83.6 Å². The van der Waals surface area contributed by atoms with Gasteiger partial charge in [-0.05, 0) is 86.4 Å². The van der Waals surface area contributed by atoms with Crippen molar-refractivity contribution >= 4 is 44.8 Å². The Kier molecular flexibility index (Phi) is 17.2. The smallest absolute Gasteiger partial charge is 0.192 e. The average molecular weight is 830 g/mol. The third-order valence-corrected chi connectivity index (χ3v) is 32.1. The summed E-state index contributed by atoms with van der Waals surface area (Å²) >= 11 is 0. The predicted molar refractivity (Wildman–Crippen MR) is 240 cm³/mol. The summed E-state index contributed by atoms with van der Waals surface area (Å²) in [6.45, 7) is 53.2. The zero-order valence-electron chi connectivity index (χ0n) is 39.8. The number of carbonyl (C=O) groups is 2. The van der Waals surface area contributed by atoms with Crippen LogP contribution in [0, 0.1) is 17.8 Å². The van der Waals surface area contributed by atoms with Crippen LogP contribution in [0.1, 0.15) is 124 Å². The van der Waals surface area contributed by atoms with Gasteiger partial charge in [-0.1, -0.05) is 109 Å². The molecule has 1 aliphatic rings. The zero-order chi connectivity index (χ0) is 42.9. The van der Waals surface area contributed by atoms with E-state index in [-0.39, 0.29) is 63.4 Å². The first kappa shape index (κ1) is 51.8. The number of hydrogen-bond acceptors (Lipinski definition) is 7. The van der Waals surface area contributed by atoms with Crippen molar-refractivity contribution in [3.63, 3.8) is 0 Å². The van der Waals surface area contributed by atoms with Crippen molar-refractivity contribution in [2.75, 3.05) is 13.2 Å². The number of Topliss-reactive ketones (excluding diaryl/α,β-unsaturated/α-hetero) is 2. The van der Waals surface area contributed by atoms with Crippen molar-refractivity contribution in [2.45, 2.75) is 220 Å². The van der Waals surface area contributed by atoms with Gasteiger partial charge in [0.15, 0.2) is 33.3 Å². The quantitative estimate of drug-likeness (QED) is 0.0686. The molecule has 1 saturated heterocycles. The second-order valence-corrected chi connectivity index (χ2v) is 41.8. The highest BCUT2D eigenvalue weighted by Crippen LogP contribution is 2.52. The van der Waals surface area contributed by atoms with Crippen LogP contribution in [-0.2, 0) is 32.0 Å². The van der Waals surface area contributed by atoms with E-state index in [2.05, 4.69) is 161 Å². The zero-order valence-corrected chi connectivity index (χ0v) is 43.8. The van der Waals surface area contributed by atoms with Crippen molar-refractivity contribution in [3.05, 3.63) is 12.2 Å². The van der Waals surface area contributed by atoms with Gasteiger partial charge in [-0.15, -0.1) is 0 Å². The van der Waals surface area contributed by atoms with Crippen molar-refractivity contribution < 1.29 is 32.0 Å². The molecule has 0 amide bonds. The molecule has 1 rings (SSSR count). The number of allylic oxidation sites excluding steroid dienone is 1. The first-order chi connectivity index (χ1) is 23.8. The fourth-order valence-electron chi connectivity index (χ4n) is 5.78. The van der Waals surface area contributed by atoms with E-state index in [1.807, 2.05) is 13.8 Å². The van der Waals surface area contributed by atoms with E-state index in [0.29, 0.717) is 6.42 Å². The molecule has 1 fully saturated rings. The van der Waals surface area contributed by atoms with Gasteiger partial charge in [-0.25, -0.2) is 0 Å². The maximum absolute atomic E-state index is 16.0. The van der Waals surface area contributed by atoms with E-state index in [4.69, 9.17) is 22.4 Å². The lowest BCUT2D eigenvalue weighted by Gasteiger charge is -2.46. The van der Waals surface area contributed by atoms with Gasteiger partial charge >= 0.3 is 0 Å². The van der Waals surface area contributed by atoms with Gasteiger partial charge in [0.05, 0.1) is 30.1 Å². The van der Waals surface area contributed by atoms with E-state index in [1.54, 1.807) is 0 Å². The molecule has 1 aliphatic heterocycles. The number of ketones is 2. The monoisotopic (exact) mass is 829 g/mol. The maximum Gasteiger partial charge on any atom is 0.192 e. The molecule has 11 heteroatoms. The van der Waals surface area contributed by atoms with E-state index >= 15 is 4.79 Å². The van der Waals surface area contributed by atoms with Crippen LogP contribution in [0.5, 0.6) is 0 Å². The molecule has 0 aliphatic carbocycles. The summed E-state index contributed by atoms with van der Waals surface area (Å²) in [5, 5.41) is -0.370. The molecule has 7 atom stereocenters. The van der Waals surface area contributed by atoms with Crippen LogP contribution in [0.25, 0.3) is 0 Å². The van der Waals surface area contributed by atoms with Crippen LogP contribution in [0.4, 0.5) is 0 Å². The summed E-state index contributed by atoms with van der Waals surface area (Å²) in [6, 6.07) is 0.